The molecular formula is C14H24N2O4. The topological polar surface area (TPSA) is 78.9 Å². The van der Waals surface area contributed by atoms with Gasteiger partial charge in [0.25, 0.3) is 0 Å². The van der Waals surface area contributed by atoms with Crippen LogP contribution in [0, 0.1) is 5.41 Å². The number of likely N-dealkylation sites (tertiary alicyclic amines) is 1. The molecule has 0 aromatic rings. The quantitative estimate of drug-likeness (QED) is 0.766. The number of rotatable bonds is 4. The number of carboxylic acid groups (broad SMARTS) is 1. The summed E-state index contributed by atoms with van der Waals surface area (Å²) in [5.41, 5.74) is 0.387. The van der Waals surface area contributed by atoms with Crippen LogP contribution in [0.3, 0.4) is 0 Å². The number of carbonyl (C=O) groups excluding carboxylic acids is 1. The number of aliphatic carboxylic acids is 1. The molecule has 114 valence electrons. The fourth-order valence-electron chi connectivity index (χ4n) is 3.04. The molecule has 1 spiro atoms. The van der Waals surface area contributed by atoms with Gasteiger partial charge in [0.2, 0.25) is 0 Å². The molecule has 0 aliphatic carbocycles. The van der Waals surface area contributed by atoms with E-state index in [4.69, 9.17) is 9.84 Å². The molecule has 2 amide bonds. The van der Waals surface area contributed by atoms with Crippen LogP contribution in [-0.2, 0) is 9.53 Å². The Morgan fingerprint density at radius 1 is 1.15 bits per heavy atom. The van der Waals surface area contributed by atoms with Crippen LogP contribution in [-0.4, -0.2) is 54.9 Å². The monoisotopic (exact) mass is 284 g/mol. The predicted molar refractivity (Wildman–Crippen MR) is 73.6 cm³/mol. The molecule has 0 aromatic carbocycles. The van der Waals surface area contributed by atoms with Crippen LogP contribution in [0.2, 0.25) is 0 Å². The molecule has 2 heterocycles. The maximum Gasteiger partial charge on any atom is 0.317 e. The summed E-state index contributed by atoms with van der Waals surface area (Å²) in [6.45, 7) is 3.72. The Morgan fingerprint density at radius 2 is 1.80 bits per heavy atom. The molecule has 0 saturated carbocycles. The summed E-state index contributed by atoms with van der Waals surface area (Å²) in [5, 5.41) is 11.3. The largest absolute Gasteiger partial charge is 0.481 e. The van der Waals surface area contributed by atoms with Crippen molar-refractivity contribution in [2.45, 2.75) is 38.5 Å². The Morgan fingerprint density at radius 3 is 2.40 bits per heavy atom. The number of hydrogen-bond donors (Lipinski definition) is 2. The molecule has 2 aliphatic heterocycles. The third-order valence-corrected chi connectivity index (χ3v) is 4.51. The zero-order valence-electron chi connectivity index (χ0n) is 11.9. The number of carbonyl (C=O) groups is 2. The van der Waals surface area contributed by atoms with Crippen molar-refractivity contribution in [1.29, 1.82) is 0 Å². The number of hydrogen-bond acceptors (Lipinski definition) is 3. The van der Waals surface area contributed by atoms with Crippen molar-refractivity contribution in [1.82, 2.24) is 10.2 Å². The minimum atomic E-state index is -0.821. The maximum absolute atomic E-state index is 12.0. The summed E-state index contributed by atoms with van der Waals surface area (Å²) >= 11 is 0. The van der Waals surface area contributed by atoms with Gasteiger partial charge in [-0.3, -0.25) is 4.79 Å². The van der Waals surface area contributed by atoms with E-state index in [0.29, 0.717) is 18.4 Å². The van der Waals surface area contributed by atoms with Gasteiger partial charge < -0.3 is 20.1 Å². The van der Waals surface area contributed by atoms with Gasteiger partial charge in [-0.1, -0.05) is 0 Å². The number of nitrogens with one attached hydrogen (secondary N) is 1. The molecule has 6 heteroatoms. The molecule has 20 heavy (non-hydrogen) atoms. The Bertz CT molecular complexity index is 343. The number of urea groups is 1. The third-order valence-electron chi connectivity index (χ3n) is 4.51. The van der Waals surface area contributed by atoms with Crippen molar-refractivity contribution >= 4 is 12.0 Å². The molecule has 0 aromatic heterocycles. The van der Waals surface area contributed by atoms with E-state index in [9.17, 15) is 9.59 Å². The lowest BCUT2D eigenvalue weighted by Gasteiger charge is -2.44. The smallest absolute Gasteiger partial charge is 0.317 e. The minimum absolute atomic E-state index is 0.0581. The number of ether oxygens (including phenoxy) is 1. The van der Waals surface area contributed by atoms with Crippen molar-refractivity contribution in [2.24, 2.45) is 5.41 Å². The summed E-state index contributed by atoms with van der Waals surface area (Å²) in [6, 6.07) is -0.0581. The third kappa shape index (κ3) is 4.10. The average molecular weight is 284 g/mol. The second kappa shape index (κ2) is 6.92. The molecule has 2 aliphatic rings. The van der Waals surface area contributed by atoms with Crippen molar-refractivity contribution in [2.75, 3.05) is 32.8 Å². The molecule has 2 rings (SSSR count). The molecule has 2 fully saturated rings. The number of piperidine rings is 1. The van der Waals surface area contributed by atoms with Crippen LogP contribution in [0.25, 0.3) is 0 Å². The Labute approximate surface area is 119 Å². The van der Waals surface area contributed by atoms with Crippen LogP contribution in [0.15, 0.2) is 0 Å². The van der Waals surface area contributed by atoms with Crippen molar-refractivity contribution in [3.05, 3.63) is 0 Å². The second-order valence-electron chi connectivity index (χ2n) is 5.83. The number of nitrogens with zero attached hydrogens (tertiary/aromatic N) is 1. The first kappa shape index (κ1) is 15.1. The van der Waals surface area contributed by atoms with E-state index in [1.165, 1.54) is 0 Å². The van der Waals surface area contributed by atoms with Gasteiger partial charge in [-0.05, 0) is 37.5 Å². The summed E-state index contributed by atoms with van der Waals surface area (Å²) in [6.07, 6.45) is 4.92. The average Bonchev–Trinajstić information content (AvgIpc) is 2.45. The van der Waals surface area contributed by atoms with Gasteiger partial charge in [-0.15, -0.1) is 0 Å². The van der Waals surface area contributed by atoms with Crippen molar-refractivity contribution in [3.63, 3.8) is 0 Å². The van der Waals surface area contributed by atoms with Gasteiger partial charge in [0, 0.05) is 39.3 Å². The van der Waals surface area contributed by atoms with E-state index in [-0.39, 0.29) is 12.5 Å². The Balaban J connectivity index is 1.67. The van der Waals surface area contributed by atoms with Crippen molar-refractivity contribution in [3.8, 4) is 0 Å². The highest BCUT2D eigenvalue weighted by atomic mass is 16.5. The highest BCUT2D eigenvalue weighted by Gasteiger charge is 2.37. The Hall–Kier alpha value is -1.30. The fourth-order valence-corrected chi connectivity index (χ4v) is 3.04. The predicted octanol–water partition coefficient (Wildman–Crippen LogP) is 1.45. The number of amides is 2. The Kier molecular flexibility index (Phi) is 5.23. The molecule has 2 saturated heterocycles. The van der Waals surface area contributed by atoms with Crippen LogP contribution < -0.4 is 5.32 Å². The molecular weight excluding hydrogens is 260 g/mol. The summed E-state index contributed by atoms with van der Waals surface area (Å²) in [7, 11) is 0. The standard InChI is InChI=1S/C14H24N2O4/c17-12(18)2-1-7-15-13(19)16-8-3-14(4-9-16)5-10-20-11-6-14/h1-11H2,(H,15,19)(H,17,18). The highest BCUT2D eigenvalue weighted by Crippen LogP contribution is 2.40. The second-order valence-corrected chi connectivity index (χ2v) is 5.83. The van der Waals surface area contributed by atoms with Gasteiger partial charge >= 0.3 is 12.0 Å². The van der Waals surface area contributed by atoms with Gasteiger partial charge in [-0.25, -0.2) is 4.79 Å². The normalized spacial score (nSPS) is 21.7. The molecule has 0 unspecified atom stereocenters. The lowest BCUT2D eigenvalue weighted by molar-refractivity contribution is -0.137. The van der Waals surface area contributed by atoms with Gasteiger partial charge in [0.05, 0.1) is 0 Å². The molecule has 0 bridgehead atoms. The van der Waals surface area contributed by atoms with E-state index in [0.717, 1.165) is 52.0 Å². The van der Waals surface area contributed by atoms with E-state index in [2.05, 4.69) is 5.32 Å². The fraction of sp³-hybridized carbons (Fsp3) is 0.857. The van der Waals surface area contributed by atoms with E-state index < -0.39 is 5.97 Å². The maximum atomic E-state index is 12.0. The minimum Gasteiger partial charge on any atom is -0.481 e. The highest BCUT2D eigenvalue weighted by molar-refractivity contribution is 5.74. The van der Waals surface area contributed by atoms with Crippen LogP contribution >= 0.6 is 0 Å². The zero-order valence-corrected chi connectivity index (χ0v) is 11.9. The SMILES string of the molecule is O=C(O)CCCNC(=O)N1CCC2(CCOCC2)CC1. The first-order valence-corrected chi connectivity index (χ1v) is 7.44. The molecule has 2 N–H and O–H groups in total. The van der Waals surface area contributed by atoms with E-state index in [1.54, 1.807) is 0 Å². The van der Waals surface area contributed by atoms with Gasteiger partial charge in [0.15, 0.2) is 0 Å². The van der Waals surface area contributed by atoms with Crippen LogP contribution in [0.5, 0.6) is 0 Å². The van der Waals surface area contributed by atoms with Crippen LogP contribution in [0.4, 0.5) is 4.79 Å². The lowest BCUT2D eigenvalue weighted by atomic mass is 9.72. The first-order valence-electron chi connectivity index (χ1n) is 7.44. The van der Waals surface area contributed by atoms with Crippen LogP contribution in [0.1, 0.15) is 38.5 Å². The van der Waals surface area contributed by atoms with E-state index >= 15 is 0 Å². The first-order chi connectivity index (χ1) is 9.61. The summed E-state index contributed by atoms with van der Waals surface area (Å²) in [5.74, 6) is -0.821. The molecule has 6 nitrogen and oxygen atoms in total. The van der Waals surface area contributed by atoms with Gasteiger partial charge in [-0.2, -0.15) is 0 Å². The number of carboxylic acids is 1. The summed E-state index contributed by atoms with van der Waals surface area (Å²) < 4.78 is 5.42. The van der Waals surface area contributed by atoms with Gasteiger partial charge in [0.1, 0.15) is 0 Å². The summed E-state index contributed by atoms with van der Waals surface area (Å²) in [4.78, 5) is 24.2. The molecule has 0 radical (unpaired) electrons. The lowest BCUT2D eigenvalue weighted by Crippen LogP contribution is -2.48. The molecule has 0 atom stereocenters. The van der Waals surface area contributed by atoms with E-state index in [1.807, 2.05) is 4.90 Å². The zero-order chi connectivity index (χ0) is 14.4. The van der Waals surface area contributed by atoms with Crippen molar-refractivity contribution < 1.29 is 19.4 Å².